The molecule has 0 bridgehead atoms. The Morgan fingerprint density at radius 3 is 2.89 bits per heavy atom. The van der Waals surface area contributed by atoms with Gasteiger partial charge in [-0.3, -0.25) is 9.36 Å². The summed E-state index contributed by atoms with van der Waals surface area (Å²) in [5.41, 5.74) is 7.36. The Bertz CT molecular complexity index is 1080. The number of ether oxygens (including phenoxy) is 1. The van der Waals surface area contributed by atoms with Crippen molar-refractivity contribution in [1.82, 2.24) is 19.1 Å². The van der Waals surface area contributed by atoms with Crippen LogP contribution in [0.3, 0.4) is 0 Å². The molecular formula is C20H23N5O3. The second-order valence-electron chi connectivity index (χ2n) is 6.28. The number of aromatic nitrogens is 4. The van der Waals surface area contributed by atoms with Crippen LogP contribution in [0.25, 0.3) is 16.7 Å². The van der Waals surface area contributed by atoms with Gasteiger partial charge in [-0.2, -0.15) is 0 Å². The Morgan fingerprint density at radius 1 is 1.39 bits per heavy atom. The summed E-state index contributed by atoms with van der Waals surface area (Å²) >= 11 is 0. The molecule has 0 saturated carbocycles. The van der Waals surface area contributed by atoms with Crippen molar-refractivity contribution in [1.29, 1.82) is 0 Å². The van der Waals surface area contributed by atoms with Crippen molar-refractivity contribution < 1.29 is 9.84 Å². The summed E-state index contributed by atoms with van der Waals surface area (Å²) in [6, 6.07) is 1.67. The number of anilines is 1. The molecule has 0 radical (unpaired) electrons. The number of imidazole rings is 1. The third kappa shape index (κ3) is 3.76. The third-order valence-electron chi connectivity index (χ3n) is 4.42. The number of fused-ring (bicyclic) bond motifs is 1. The van der Waals surface area contributed by atoms with Gasteiger partial charge in [0.05, 0.1) is 11.7 Å². The molecule has 3 rings (SSSR count). The van der Waals surface area contributed by atoms with Crippen molar-refractivity contribution in [3.8, 4) is 17.5 Å². The molecule has 0 fully saturated rings. The molecule has 0 aliphatic heterocycles. The molecule has 28 heavy (non-hydrogen) atoms. The Morgan fingerprint density at radius 2 is 2.21 bits per heavy atom. The van der Waals surface area contributed by atoms with Crippen LogP contribution in [-0.2, 0) is 11.3 Å². The maximum atomic E-state index is 13.3. The lowest BCUT2D eigenvalue weighted by Gasteiger charge is -2.17. The summed E-state index contributed by atoms with van der Waals surface area (Å²) < 4.78 is 8.53. The van der Waals surface area contributed by atoms with E-state index in [1.54, 1.807) is 40.9 Å². The van der Waals surface area contributed by atoms with E-state index in [9.17, 15) is 9.90 Å². The van der Waals surface area contributed by atoms with Crippen molar-refractivity contribution in [2.45, 2.75) is 32.4 Å². The Labute approximate surface area is 162 Å². The number of nitrogens with two attached hydrogens (primary N) is 1. The van der Waals surface area contributed by atoms with Crippen LogP contribution in [-0.4, -0.2) is 44.0 Å². The molecular weight excluding hydrogens is 358 g/mol. The zero-order valence-corrected chi connectivity index (χ0v) is 15.9. The minimum absolute atomic E-state index is 0.281. The van der Waals surface area contributed by atoms with Gasteiger partial charge in [0, 0.05) is 44.4 Å². The summed E-state index contributed by atoms with van der Waals surface area (Å²) in [5, 5.41) is 10.2. The van der Waals surface area contributed by atoms with Crippen LogP contribution >= 0.6 is 0 Å². The van der Waals surface area contributed by atoms with E-state index in [1.807, 2.05) is 6.92 Å². The van der Waals surface area contributed by atoms with E-state index in [-0.39, 0.29) is 5.43 Å². The molecule has 3 aromatic heterocycles. The number of hydrogen-bond acceptors (Lipinski definition) is 6. The average Bonchev–Trinajstić information content (AvgIpc) is 3.22. The molecule has 3 heterocycles. The van der Waals surface area contributed by atoms with E-state index in [0.29, 0.717) is 54.1 Å². The van der Waals surface area contributed by atoms with Gasteiger partial charge >= 0.3 is 0 Å². The molecule has 1 unspecified atom stereocenters. The number of nitrogen functional groups attached to an aromatic ring is 1. The largest absolute Gasteiger partial charge is 0.385 e. The van der Waals surface area contributed by atoms with Gasteiger partial charge in [-0.05, 0) is 18.9 Å². The molecule has 3 aromatic rings. The predicted octanol–water partition coefficient (Wildman–Crippen LogP) is 1.32. The monoisotopic (exact) mass is 381 g/mol. The van der Waals surface area contributed by atoms with Crippen LogP contribution in [0, 0.1) is 11.8 Å². The van der Waals surface area contributed by atoms with Crippen molar-refractivity contribution in [2.24, 2.45) is 0 Å². The van der Waals surface area contributed by atoms with Gasteiger partial charge in [0.1, 0.15) is 23.3 Å². The summed E-state index contributed by atoms with van der Waals surface area (Å²) in [7, 11) is 1.63. The molecule has 8 heteroatoms. The van der Waals surface area contributed by atoms with Gasteiger partial charge < -0.3 is 20.1 Å². The summed E-state index contributed by atoms with van der Waals surface area (Å²) in [6.07, 6.45) is 6.82. The van der Waals surface area contributed by atoms with Crippen LogP contribution in [0.5, 0.6) is 0 Å². The molecule has 0 amide bonds. The number of pyridine rings is 2. The summed E-state index contributed by atoms with van der Waals surface area (Å²) in [4.78, 5) is 21.7. The fraction of sp³-hybridized carbons (Fsp3) is 0.350. The molecule has 0 aliphatic carbocycles. The quantitative estimate of drug-likeness (QED) is 0.492. The fourth-order valence-electron chi connectivity index (χ4n) is 2.96. The van der Waals surface area contributed by atoms with Gasteiger partial charge in [0.25, 0.3) is 0 Å². The average molecular weight is 381 g/mol. The Balaban J connectivity index is 2.31. The number of hydrogen-bond donors (Lipinski definition) is 2. The lowest BCUT2D eigenvalue weighted by Crippen LogP contribution is -2.22. The molecule has 0 aliphatic rings. The van der Waals surface area contributed by atoms with Crippen LogP contribution in [0.15, 0.2) is 35.8 Å². The van der Waals surface area contributed by atoms with Crippen LogP contribution < -0.4 is 11.2 Å². The lowest BCUT2D eigenvalue weighted by molar-refractivity contribution is 0.191. The van der Waals surface area contributed by atoms with E-state index in [4.69, 9.17) is 10.5 Å². The highest BCUT2D eigenvalue weighted by atomic mass is 16.5. The first-order valence-electron chi connectivity index (χ1n) is 9.06. The first-order chi connectivity index (χ1) is 13.6. The molecule has 8 nitrogen and oxygen atoms in total. The molecule has 3 N–H and O–H groups in total. The van der Waals surface area contributed by atoms with Crippen molar-refractivity contribution >= 4 is 16.9 Å². The maximum absolute atomic E-state index is 13.3. The molecule has 1 atom stereocenters. The van der Waals surface area contributed by atoms with Gasteiger partial charge in [0.2, 0.25) is 5.43 Å². The van der Waals surface area contributed by atoms with Crippen LogP contribution in [0.4, 0.5) is 5.82 Å². The first-order valence-corrected chi connectivity index (χ1v) is 9.06. The molecule has 146 valence electrons. The maximum Gasteiger partial charge on any atom is 0.218 e. The number of rotatable bonds is 6. The highest BCUT2D eigenvalue weighted by Gasteiger charge is 2.19. The zero-order valence-electron chi connectivity index (χ0n) is 15.9. The Kier molecular flexibility index (Phi) is 6.09. The van der Waals surface area contributed by atoms with E-state index in [0.717, 1.165) is 0 Å². The van der Waals surface area contributed by atoms with Gasteiger partial charge in [-0.1, -0.05) is 18.8 Å². The molecule has 0 spiro atoms. The van der Waals surface area contributed by atoms with Gasteiger partial charge in [0.15, 0.2) is 0 Å². The predicted molar refractivity (Wildman–Crippen MR) is 107 cm³/mol. The minimum atomic E-state index is -0.756. The second kappa shape index (κ2) is 8.69. The zero-order chi connectivity index (χ0) is 20.1. The van der Waals surface area contributed by atoms with Crippen molar-refractivity contribution in [3.63, 3.8) is 0 Å². The van der Waals surface area contributed by atoms with E-state index in [2.05, 4.69) is 21.8 Å². The SMILES string of the molecule is CCC(O)C#Cc1ccnc2c1c(=O)c(-n1ccnc1)c(N)n2CCCOC. The first kappa shape index (κ1) is 19.6. The van der Waals surface area contributed by atoms with Gasteiger partial charge in [-0.25, -0.2) is 9.97 Å². The van der Waals surface area contributed by atoms with Crippen LogP contribution in [0.2, 0.25) is 0 Å². The fourth-order valence-corrected chi connectivity index (χ4v) is 2.96. The van der Waals surface area contributed by atoms with E-state index in [1.165, 1.54) is 6.33 Å². The van der Waals surface area contributed by atoms with Crippen molar-refractivity contribution in [2.75, 3.05) is 19.5 Å². The lowest BCUT2D eigenvalue weighted by atomic mass is 10.1. The number of aryl methyl sites for hydroxylation is 1. The second-order valence-corrected chi connectivity index (χ2v) is 6.28. The van der Waals surface area contributed by atoms with E-state index < -0.39 is 6.10 Å². The van der Waals surface area contributed by atoms with Crippen LogP contribution in [0.1, 0.15) is 25.3 Å². The normalized spacial score (nSPS) is 12.0. The molecule has 0 aromatic carbocycles. The number of methoxy groups -OCH3 is 1. The number of aliphatic hydroxyl groups is 1. The number of aliphatic hydroxyl groups excluding tert-OH is 1. The molecule has 0 saturated heterocycles. The minimum Gasteiger partial charge on any atom is -0.385 e. The van der Waals surface area contributed by atoms with Gasteiger partial charge in [-0.15, -0.1) is 0 Å². The third-order valence-corrected chi connectivity index (χ3v) is 4.42. The highest BCUT2D eigenvalue weighted by Crippen LogP contribution is 2.22. The summed E-state index contributed by atoms with van der Waals surface area (Å²) in [5.74, 6) is 5.99. The topological polar surface area (TPSA) is 108 Å². The summed E-state index contributed by atoms with van der Waals surface area (Å²) in [6.45, 7) is 2.92. The van der Waals surface area contributed by atoms with Crippen molar-refractivity contribution in [3.05, 3.63) is 46.8 Å². The smallest absolute Gasteiger partial charge is 0.218 e. The highest BCUT2D eigenvalue weighted by molar-refractivity contribution is 5.87. The number of nitrogens with zero attached hydrogens (tertiary/aromatic N) is 4. The standard InChI is InChI=1S/C20H23N5O3/c1-3-15(26)6-5-14-7-8-23-20-16(14)18(27)17(24-11-9-22-13-24)19(21)25(20)10-4-12-28-2/h7-9,11,13,15,26H,3-4,10,12,21H2,1-2H3. The Hall–Kier alpha value is -3.15. The van der Waals surface area contributed by atoms with E-state index >= 15 is 0 Å².